The molecular weight excluding hydrogens is 358 g/mol. The Labute approximate surface area is 162 Å². The maximum atomic E-state index is 12.6. The molecule has 2 fully saturated rings. The van der Waals surface area contributed by atoms with Crippen molar-refractivity contribution in [1.82, 2.24) is 25.3 Å². The van der Waals surface area contributed by atoms with Crippen LogP contribution < -0.4 is 10.6 Å². The van der Waals surface area contributed by atoms with E-state index in [0.29, 0.717) is 13.1 Å². The predicted molar refractivity (Wildman–Crippen MR) is 101 cm³/mol. The third-order valence-electron chi connectivity index (χ3n) is 5.41. The van der Waals surface area contributed by atoms with Crippen LogP contribution in [0.2, 0.25) is 0 Å². The molecule has 1 aromatic heterocycles. The monoisotopic (exact) mass is 381 g/mol. The predicted octanol–water partition coefficient (Wildman–Crippen LogP) is 1.27. The van der Waals surface area contributed by atoms with Crippen molar-refractivity contribution in [3.63, 3.8) is 0 Å². The van der Waals surface area contributed by atoms with Crippen molar-refractivity contribution < 1.29 is 14.4 Å². The molecule has 1 aliphatic heterocycles. The molecule has 2 heterocycles. The number of urea groups is 1. The minimum absolute atomic E-state index is 0.178. The Balaban J connectivity index is 1.28. The lowest BCUT2D eigenvalue weighted by Gasteiger charge is -2.20. The van der Waals surface area contributed by atoms with Crippen LogP contribution in [0.1, 0.15) is 30.9 Å². The van der Waals surface area contributed by atoms with Crippen molar-refractivity contribution in [1.29, 1.82) is 0 Å². The molecule has 1 saturated carbocycles. The molecule has 0 spiro atoms. The van der Waals surface area contributed by atoms with E-state index >= 15 is 0 Å². The van der Waals surface area contributed by atoms with Gasteiger partial charge in [-0.2, -0.15) is 5.10 Å². The highest BCUT2D eigenvalue weighted by Crippen LogP contribution is 2.42. The zero-order valence-corrected chi connectivity index (χ0v) is 15.7. The summed E-state index contributed by atoms with van der Waals surface area (Å²) < 4.78 is 1.84. The van der Waals surface area contributed by atoms with Crippen molar-refractivity contribution >= 4 is 17.8 Å². The maximum Gasteiger partial charge on any atom is 0.325 e. The highest BCUT2D eigenvalue weighted by Gasteiger charge is 2.56. The lowest BCUT2D eigenvalue weighted by atomic mass is 9.96. The molecule has 8 heteroatoms. The average molecular weight is 381 g/mol. The van der Waals surface area contributed by atoms with Gasteiger partial charge in [-0.3, -0.25) is 19.2 Å². The van der Waals surface area contributed by atoms with Crippen molar-refractivity contribution in [2.24, 2.45) is 5.92 Å². The smallest absolute Gasteiger partial charge is 0.325 e. The van der Waals surface area contributed by atoms with Gasteiger partial charge in [0.25, 0.3) is 5.91 Å². The van der Waals surface area contributed by atoms with E-state index < -0.39 is 11.6 Å². The van der Waals surface area contributed by atoms with Gasteiger partial charge in [-0.1, -0.05) is 24.3 Å². The largest absolute Gasteiger partial charge is 0.350 e. The van der Waals surface area contributed by atoms with Crippen LogP contribution in [0.25, 0.3) is 0 Å². The van der Waals surface area contributed by atoms with E-state index in [1.165, 1.54) is 0 Å². The van der Waals surface area contributed by atoms with Crippen LogP contribution in [0, 0.1) is 5.92 Å². The number of imide groups is 1. The lowest BCUT2D eigenvalue weighted by Crippen LogP contribution is -2.46. The highest BCUT2D eigenvalue weighted by molar-refractivity contribution is 6.09. The first-order valence-electron chi connectivity index (χ1n) is 9.42. The summed E-state index contributed by atoms with van der Waals surface area (Å²) in [6, 6.07) is 9.25. The zero-order chi connectivity index (χ0) is 19.7. The van der Waals surface area contributed by atoms with Crippen LogP contribution in [-0.2, 0) is 22.7 Å². The van der Waals surface area contributed by atoms with Crippen molar-refractivity contribution in [3.05, 3.63) is 53.9 Å². The molecule has 1 atom stereocenters. The Hall–Kier alpha value is -3.16. The molecule has 1 aliphatic carbocycles. The fraction of sp³-hybridized carbons (Fsp3) is 0.400. The molecule has 4 rings (SSSR count). The third kappa shape index (κ3) is 3.62. The van der Waals surface area contributed by atoms with Gasteiger partial charge in [0.05, 0.1) is 6.54 Å². The van der Waals surface area contributed by atoms with Crippen molar-refractivity contribution in [3.8, 4) is 0 Å². The number of nitrogens with one attached hydrogen (secondary N) is 2. The highest BCUT2D eigenvalue weighted by atomic mass is 16.2. The maximum absolute atomic E-state index is 12.6. The topological polar surface area (TPSA) is 96.3 Å². The Morgan fingerprint density at radius 2 is 1.96 bits per heavy atom. The fourth-order valence-corrected chi connectivity index (χ4v) is 3.54. The molecule has 1 saturated heterocycles. The summed E-state index contributed by atoms with van der Waals surface area (Å²) in [5, 5.41) is 9.69. The molecule has 0 radical (unpaired) electrons. The van der Waals surface area contributed by atoms with Gasteiger partial charge in [0.15, 0.2) is 0 Å². The molecule has 2 aromatic rings. The normalized spacial score (nSPS) is 21.7. The number of amides is 4. The second kappa shape index (κ2) is 7.10. The van der Waals surface area contributed by atoms with Gasteiger partial charge < -0.3 is 10.6 Å². The van der Waals surface area contributed by atoms with Crippen LogP contribution in [0.15, 0.2) is 42.7 Å². The van der Waals surface area contributed by atoms with Gasteiger partial charge in [-0.05, 0) is 42.9 Å². The zero-order valence-electron chi connectivity index (χ0n) is 15.7. The Morgan fingerprint density at radius 3 is 2.61 bits per heavy atom. The standard InChI is InChI=1S/C20H23N5O3/c1-20(16-7-8-16)18(27)25(19(28)23-20)13-17(26)21-11-14-3-5-15(6-4-14)12-24-10-2-9-22-24/h2-6,9-10,16H,7-8,11-13H2,1H3,(H,21,26)(H,23,28). The quantitative estimate of drug-likeness (QED) is 0.706. The van der Waals surface area contributed by atoms with Crippen LogP contribution in [0.3, 0.4) is 0 Å². The van der Waals surface area contributed by atoms with E-state index in [1.807, 2.05) is 41.2 Å². The number of hydrogen-bond donors (Lipinski definition) is 2. The number of benzene rings is 1. The van der Waals surface area contributed by atoms with Crippen molar-refractivity contribution in [2.75, 3.05) is 6.54 Å². The van der Waals surface area contributed by atoms with Crippen LogP contribution in [0.4, 0.5) is 4.79 Å². The molecule has 1 unspecified atom stereocenters. The molecule has 0 bridgehead atoms. The second-order valence-corrected chi connectivity index (χ2v) is 7.59. The van der Waals surface area contributed by atoms with Gasteiger partial charge in [0.1, 0.15) is 12.1 Å². The molecule has 146 valence electrons. The van der Waals surface area contributed by atoms with Gasteiger partial charge in [-0.25, -0.2) is 4.79 Å². The molecule has 4 amide bonds. The number of carbonyl (C=O) groups excluding carboxylic acids is 3. The summed E-state index contributed by atoms with van der Waals surface area (Å²) in [5.74, 6) is -0.487. The fourth-order valence-electron chi connectivity index (χ4n) is 3.54. The first-order chi connectivity index (χ1) is 13.5. The van der Waals surface area contributed by atoms with E-state index in [2.05, 4.69) is 15.7 Å². The van der Waals surface area contributed by atoms with Crippen molar-refractivity contribution in [2.45, 2.75) is 38.4 Å². The Kier molecular flexibility index (Phi) is 4.62. The molecule has 2 aliphatic rings. The number of nitrogens with zero attached hydrogens (tertiary/aromatic N) is 3. The summed E-state index contributed by atoms with van der Waals surface area (Å²) in [5.41, 5.74) is 1.19. The van der Waals surface area contributed by atoms with Gasteiger partial charge in [0.2, 0.25) is 5.91 Å². The Bertz CT molecular complexity index is 889. The summed E-state index contributed by atoms with van der Waals surface area (Å²) in [6.07, 6.45) is 5.50. The summed E-state index contributed by atoms with van der Waals surface area (Å²) in [6.45, 7) is 2.51. The average Bonchev–Trinajstić information content (AvgIpc) is 3.38. The van der Waals surface area contributed by atoms with E-state index in [0.717, 1.165) is 28.9 Å². The molecule has 1 aromatic carbocycles. The minimum Gasteiger partial charge on any atom is -0.350 e. The van der Waals surface area contributed by atoms with E-state index in [9.17, 15) is 14.4 Å². The molecule has 2 N–H and O–H groups in total. The van der Waals surface area contributed by atoms with Crippen LogP contribution >= 0.6 is 0 Å². The minimum atomic E-state index is -0.859. The van der Waals surface area contributed by atoms with E-state index in [1.54, 1.807) is 13.1 Å². The summed E-state index contributed by atoms with van der Waals surface area (Å²) >= 11 is 0. The second-order valence-electron chi connectivity index (χ2n) is 7.59. The van der Waals surface area contributed by atoms with Gasteiger partial charge in [0, 0.05) is 18.9 Å². The summed E-state index contributed by atoms with van der Waals surface area (Å²) in [7, 11) is 0. The SMILES string of the molecule is CC1(C2CC2)NC(=O)N(CC(=O)NCc2ccc(Cn3cccn3)cc2)C1=O. The number of aromatic nitrogens is 2. The number of rotatable bonds is 7. The van der Waals surface area contributed by atoms with Gasteiger partial charge >= 0.3 is 6.03 Å². The number of carbonyl (C=O) groups is 3. The third-order valence-corrected chi connectivity index (χ3v) is 5.41. The lowest BCUT2D eigenvalue weighted by molar-refractivity contribution is -0.135. The molecule has 8 nitrogen and oxygen atoms in total. The van der Waals surface area contributed by atoms with E-state index in [4.69, 9.17) is 0 Å². The van der Waals surface area contributed by atoms with Crippen LogP contribution in [0.5, 0.6) is 0 Å². The summed E-state index contributed by atoms with van der Waals surface area (Å²) in [4.78, 5) is 37.9. The van der Waals surface area contributed by atoms with Crippen LogP contribution in [-0.4, -0.2) is 44.6 Å². The van der Waals surface area contributed by atoms with E-state index in [-0.39, 0.29) is 24.3 Å². The Morgan fingerprint density at radius 1 is 1.25 bits per heavy atom. The van der Waals surface area contributed by atoms with Gasteiger partial charge in [-0.15, -0.1) is 0 Å². The first kappa shape index (κ1) is 18.2. The molecular formula is C20H23N5O3. The first-order valence-corrected chi connectivity index (χ1v) is 9.42. The number of hydrogen-bond acceptors (Lipinski definition) is 4. The molecule has 28 heavy (non-hydrogen) atoms.